The SMILES string of the molecule is COc1ccc(/C=C2/C(=O)[C@@H]3[C@H]([C@@H]2C)[C@H]2C=C[C@@H]3C2)cc1. The second-order valence-corrected chi connectivity index (χ2v) is 6.58. The van der Waals surface area contributed by atoms with Crippen LogP contribution in [0.25, 0.3) is 6.08 Å². The summed E-state index contributed by atoms with van der Waals surface area (Å²) >= 11 is 0. The van der Waals surface area contributed by atoms with Crippen LogP contribution < -0.4 is 4.74 Å². The first kappa shape index (κ1) is 12.9. The van der Waals surface area contributed by atoms with Crippen molar-refractivity contribution in [1.29, 1.82) is 0 Å². The molecule has 2 nitrogen and oxygen atoms in total. The van der Waals surface area contributed by atoms with Crippen molar-refractivity contribution < 1.29 is 9.53 Å². The van der Waals surface area contributed by atoms with Crippen LogP contribution in [0.15, 0.2) is 42.0 Å². The molecular formula is C19H20O2. The quantitative estimate of drug-likeness (QED) is 0.609. The molecule has 2 fully saturated rings. The van der Waals surface area contributed by atoms with E-state index >= 15 is 0 Å². The second-order valence-electron chi connectivity index (χ2n) is 6.58. The number of ketones is 1. The largest absolute Gasteiger partial charge is 0.497 e. The lowest BCUT2D eigenvalue weighted by atomic mass is 9.81. The molecule has 1 aromatic rings. The second kappa shape index (κ2) is 4.59. The van der Waals surface area contributed by atoms with Gasteiger partial charge in [-0.1, -0.05) is 31.2 Å². The highest BCUT2D eigenvalue weighted by Gasteiger charge is 2.56. The van der Waals surface area contributed by atoms with E-state index in [1.54, 1.807) is 7.11 Å². The zero-order valence-electron chi connectivity index (χ0n) is 12.5. The van der Waals surface area contributed by atoms with Gasteiger partial charge in [-0.05, 0) is 59.4 Å². The van der Waals surface area contributed by atoms with E-state index in [4.69, 9.17) is 4.74 Å². The van der Waals surface area contributed by atoms with Gasteiger partial charge in [0.15, 0.2) is 5.78 Å². The molecule has 0 heterocycles. The monoisotopic (exact) mass is 280 g/mol. The predicted octanol–water partition coefficient (Wildman–Crippen LogP) is 3.74. The zero-order valence-corrected chi connectivity index (χ0v) is 12.5. The molecule has 0 unspecified atom stereocenters. The highest BCUT2D eigenvalue weighted by atomic mass is 16.5. The number of ether oxygens (including phenoxy) is 1. The maximum Gasteiger partial charge on any atom is 0.163 e. The van der Waals surface area contributed by atoms with Gasteiger partial charge in [0.2, 0.25) is 0 Å². The van der Waals surface area contributed by atoms with Gasteiger partial charge in [0.05, 0.1) is 7.11 Å². The minimum Gasteiger partial charge on any atom is -0.497 e. The van der Waals surface area contributed by atoms with Gasteiger partial charge in [-0.15, -0.1) is 0 Å². The van der Waals surface area contributed by atoms with E-state index in [-0.39, 0.29) is 5.92 Å². The van der Waals surface area contributed by atoms with Gasteiger partial charge in [-0.2, -0.15) is 0 Å². The van der Waals surface area contributed by atoms with Crippen LogP contribution in [0, 0.1) is 29.6 Å². The number of methoxy groups -OCH3 is 1. The molecule has 0 saturated heterocycles. The Morgan fingerprint density at radius 2 is 1.86 bits per heavy atom. The van der Waals surface area contributed by atoms with Crippen molar-refractivity contribution in [2.24, 2.45) is 29.6 Å². The maximum absolute atomic E-state index is 12.8. The van der Waals surface area contributed by atoms with Gasteiger partial charge in [0.25, 0.3) is 0 Å². The first-order chi connectivity index (χ1) is 10.2. The maximum atomic E-state index is 12.8. The van der Waals surface area contributed by atoms with E-state index in [0.29, 0.717) is 29.5 Å². The average molecular weight is 280 g/mol. The Kier molecular flexibility index (Phi) is 2.81. The Balaban J connectivity index is 1.66. The van der Waals surface area contributed by atoms with Gasteiger partial charge >= 0.3 is 0 Å². The van der Waals surface area contributed by atoms with Gasteiger partial charge < -0.3 is 4.74 Å². The molecular weight excluding hydrogens is 260 g/mol. The van der Waals surface area contributed by atoms with Crippen molar-refractivity contribution in [3.63, 3.8) is 0 Å². The molecule has 3 aliphatic rings. The number of fused-ring (bicyclic) bond motifs is 5. The third-order valence-electron chi connectivity index (χ3n) is 5.61. The van der Waals surface area contributed by atoms with Crippen molar-refractivity contribution in [2.45, 2.75) is 13.3 Å². The summed E-state index contributed by atoms with van der Waals surface area (Å²) in [6, 6.07) is 7.94. The molecule has 108 valence electrons. The Hall–Kier alpha value is -1.83. The van der Waals surface area contributed by atoms with Crippen molar-refractivity contribution in [3.05, 3.63) is 47.6 Å². The van der Waals surface area contributed by atoms with E-state index < -0.39 is 0 Å². The molecule has 0 aliphatic heterocycles. The van der Waals surface area contributed by atoms with E-state index in [9.17, 15) is 4.79 Å². The lowest BCUT2D eigenvalue weighted by Gasteiger charge is -2.21. The standard InChI is InChI=1S/C19H20O2/c1-11-16(9-12-3-7-15(21-2)8-4-12)19(20)18-14-6-5-13(10-14)17(11)18/h3-9,11,13-14,17-18H,10H2,1-2H3/b16-9+/t11-,13+,14-,17-,18+/m1/s1. The van der Waals surface area contributed by atoms with Crippen molar-refractivity contribution in [2.75, 3.05) is 7.11 Å². The van der Waals surface area contributed by atoms with Crippen molar-refractivity contribution >= 4 is 11.9 Å². The number of rotatable bonds is 2. The predicted molar refractivity (Wildman–Crippen MR) is 82.9 cm³/mol. The summed E-state index contributed by atoms with van der Waals surface area (Å²) in [5.74, 6) is 3.53. The summed E-state index contributed by atoms with van der Waals surface area (Å²) in [6.07, 6.45) is 7.89. The summed E-state index contributed by atoms with van der Waals surface area (Å²) in [4.78, 5) is 12.8. The Morgan fingerprint density at radius 3 is 2.52 bits per heavy atom. The van der Waals surface area contributed by atoms with Gasteiger partial charge in [-0.3, -0.25) is 4.79 Å². The van der Waals surface area contributed by atoms with Gasteiger partial charge in [0, 0.05) is 5.92 Å². The fourth-order valence-corrected chi connectivity index (χ4v) is 4.62. The number of hydrogen-bond acceptors (Lipinski definition) is 2. The smallest absolute Gasteiger partial charge is 0.163 e. The normalized spacial score (nSPS) is 38.3. The number of Topliss-reactive ketones (excluding diaryl/α,β-unsaturated/α-hetero) is 1. The summed E-state index contributed by atoms with van der Waals surface area (Å²) in [5, 5.41) is 0. The molecule has 21 heavy (non-hydrogen) atoms. The topological polar surface area (TPSA) is 26.3 Å². The lowest BCUT2D eigenvalue weighted by molar-refractivity contribution is -0.118. The zero-order chi connectivity index (χ0) is 14.6. The minimum atomic E-state index is 0.250. The third kappa shape index (κ3) is 1.81. The molecule has 0 amide bonds. The van der Waals surface area contributed by atoms with E-state index in [0.717, 1.165) is 16.9 Å². The van der Waals surface area contributed by atoms with Crippen molar-refractivity contribution in [1.82, 2.24) is 0 Å². The molecule has 0 N–H and O–H groups in total. The van der Waals surface area contributed by atoms with Gasteiger partial charge in [0.1, 0.15) is 5.75 Å². The third-order valence-corrected chi connectivity index (χ3v) is 5.61. The average Bonchev–Trinajstić information content (AvgIpc) is 3.18. The molecule has 3 aliphatic carbocycles. The highest BCUT2D eigenvalue weighted by molar-refractivity contribution is 6.04. The fraction of sp³-hybridized carbons (Fsp3) is 0.421. The van der Waals surface area contributed by atoms with Crippen LogP contribution in [-0.4, -0.2) is 12.9 Å². The highest BCUT2D eigenvalue weighted by Crippen LogP contribution is 2.57. The molecule has 1 aromatic carbocycles. The molecule has 0 radical (unpaired) electrons. The van der Waals surface area contributed by atoms with E-state index in [2.05, 4.69) is 25.2 Å². The summed E-state index contributed by atoms with van der Waals surface area (Å²) in [6.45, 7) is 2.23. The Labute approximate surface area is 125 Å². The first-order valence-corrected chi connectivity index (χ1v) is 7.77. The van der Waals surface area contributed by atoms with Crippen LogP contribution in [-0.2, 0) is 4.79 Å². The summed E-state index contributed by atoms with van der Waals surface area (Å²) < 4.78 is 5.18. The Bertz CT molecular complexity index is 638. The molecule has 2 heteroatoms. The molecule has 0 spiro atoms. The van der Waals surface area contributed by atoms with Crippen LogP contribution in [0.5, 0.6) is 5.75 Å². The van der Waals surface area contributed by atoms with Crippen LogP contribution in [0.2, 0.25) is 0 Å². The molecule has 4 rings (SSSR count). The number of carbonyl (C=O) groups excluding carboxylic acids is 1. The summed E-state index contributed by atoms with van der Waals surface area (Å²) in [5.41, 5.74) is 2.11. The van der Waals surface area contributed by atoms with E-state index in [1.165, 1.54) is 6.42 Å². The number of benzene rings is 1. The molecule has 2 saturated carbocycles. The molecule has 2 bridgehead atoms. The Morgan fingerprint density at radius 1 is 1.14 bits per heavy atom. The molecule has 5 atom stereocenters. The lowest BCUT2D eigenvalue weighted by Crippen LogP contribution is -2.20. The minimum absolute atomic E-state index is 0.250. The fourth-order valence-electron chi connectivity index (χ4n) is 4.62. The van der Waals surface area contributed by atoms with Crippen LogP contribution in [0.4, 0.5) is 0 Å². The first-order valence-electron chi connectivity index (χ1n) is 7.77. The van der Waals surface area contributed by atoms with E-state index in [1.807, 2.05) is 24.3 Å². The van der Waals surface area contributed by atoms with Crippen molar-refractivity contribution in [3.8, 4) is 5.75 Å². The number of allylic oxidation sites excluding steroid dienone is 3. The number of carbonyl (C=O) groups is 1. The summed E-state index contributed by atoms with van der Waals surface area (Å²) in [7, 11) is 1.67. The molecule has 0 aromatic heterocycles. The van der Waals surface area contributed by atoms with Crippen LogP contribution >= 0.6 is 0 Å². The van der Waals surface area contributed by atoms with Crippen LogP contribution in [0.3, 0.4) is 0 Å². The number of hydrogen-bond donors (Lipinski definition) is 0. The van der Waals surface area contributed by atoms with Crippen LogP contribution in [0.1, 0.15) is 18.9 Å². The van der Waals surface area contributed by atoms with Gasteiger partial charge in [-0.25, -0.2) is 0 Å².